The van der Waals surface area contributed by atoms with Gasteiger partial charge in [-0.15, -0.1) is 0 Å². The Labute approximate surface area is 169 Å². The van der Waals surface area contributed by atoms with Gasteiger partial charge < -0.3 is 15.2 Å². The minimum absolute atomic E-state index is 0.276. The van der Waals surface area contributed by atoms with Crippen LogP contribution in [0, 0.1) is 18.8 Å². The number of hydrogen-bond acceptors (Lipinski definition) is 3. The van der Waals surface area contributed by atoms with Gasteiger partial charge in [0.15, 0.2) is 0 Å². The van der Waals surface area contributed by atoms with Gasteiger partial charge in [-0.1, -0.05) is 66.2 Å². The minimum atomic E-state index is -1.17. The number of nitrogens with one attached hydrogen (secondary N) is 1. The highest BCUT2D eigenvalue weighted by Crippen LogP contribution is 2.58. The summed E-state index contributed by atoms with van der Waals surface area (Å²) in [4.78, 5) is 25.7. The van der Waals surface area contributed by atoms with Crippen LogP contribution in [-0.2, 0) is 9.59 Å². The molecule has 0 radical (unpaired) electrons. The number of carbonyl (C=O) groups excluding carboxylic acids is 2. The molecule has 0 spiro atoms. The lowest BCUT2D eigenvalue weighted by atomic mass is 9.54. The van der Waals surface area contributed by atoms with Crippen molar-refractivity contribution in [3.05, 3.63) is 101 Å². The fourth-order valence-corrected chi connectivity index (χ4v) is 5.14. The van der Waals surface area contributed by atoms with Crippen molar-refractivity contribution in [2.24, 2.45) is 11.8 Å². The Balaban J connectivity index is 1.64. The number of amides is 1. The van der Waals surface area contributed by atoms with E-state index in [9.17, 15) is 14.7 Å². The Bertz CT molecular complexity index is 1070. The Morgan fingerprint density at radius 3 is 1.62 bits per heavy atom. The average molecular weight is 382 g/mol. The highest BCUT2D eigenvalue weighted by molar-refractivity contribution is 5.97. The van der Waals surface area contributed by atoms with Crippen LogP contribution in [0.2, 0.25) is 0 Å². The highest BCUT2D eigenvalue weighted by Gasteiger charge is 2.52. The Morgan fingerprint density at radius 1 is 0.724 bits per heavy atom. The van der Waals surface area contributed by atoms with Gasteiger partial charge in [0, 0.05) is 29.4 Å². The smallest absolute Gasteiger partial charge is 0.229 e. The second kappa shape index (κ2) is 6.59. The van der Waals surface area contributed by atoms with E-state index in [4.69, 9.17) is 0 Å². The number of hydrogen-bond donors (Lipinski definition) is 1. The largest absolute Gasteiger partial charge is 0.550 e. The molecule has 3 aromatic rings. The van der Waals surface area contributed by atoms with E-state index >= 15 is 0 Å². The third-order valence-corrected chi connectivity index (χ3v) is 6.33. The van der Waals surface area contributed by atoms with Gasteiger partial charge in [0.25, 0.3) is 0 Å². The molecule has 1 amide bonds. The fourth-order valence-electron chi connectivity index (χ4n) is 5.14. The quantitative estimate of drug-likeness (QED) is 0.756. The Hall–Kier alpha value is -3.40. The molecule has 4 nitrogen and oxygen atoms in total. The standard InChI is InChI=1S/C25H21NO3/c1-14-10-12-15(13-11-14)26-24(27)22-20-16-6-2-4-8-18(16)21(23(22)25(28)29)19-9-5-3-7-17(19)20/h2-13,20-23H,1H3,(H,26,27)(H,28,29)/p-1/t20?,21?,22-,23+/m0/s1. The van der Waals surface area contributed by atoms with E-state index in [0.29, 0.717) is 5.69 Å². The number of carboxylic acids is 1. The summed E-state index contributed by atoms with van der Waals surface area (Å²) in [6.07, 6.45) is 0. The van der Waals surface area contributed by atoms with Gasteiger partial charge in [-0.05, 0) is 41.3 Å². The minimum Gasteiger partial charge on any atom is -0.550 e. The van der Waals surface area contributed by atoms with Crippen LogP contribution in [0.25, 0.3) is 0 Å². The molecule has 2 bridgehead atoms. The summed E-state index contributed by atoms with van der Waals surface area (Å²) in [5, 5.41) is 15.2. The third kappa shape index (κ3) is 2.67. The average Bonchev–Trinajstić information content (AvgIpc) is 2.74. The van der Waals surface area contributed by atoms with Crippen LogP contribution in [0.15, 0.2) is 72.8 Å². The zero-order valence-electron chi connectivity index (χ0n) is 16.0. The van der Waals surface area contributed by atoms with Crippen molar-refractivity contribution in [1.82, 2.24) is 0 Å². The lowest BCUT2D eigenvalue weighted by Crippen LogP contribution is -2.52. The fraction of sp³-hybridized carbons (Fsp3) is 0.200. The molecule has 1 N–H and O–H groups in total. The van der Waals surface area contributed by atoms with Gasteiger partial charge in [-0.25, -0.2) is 0 Å². The van der Waals surface area contributed by atoms with Crippen molar-refractivity contribution in [2.75, 3.05) is 5.32 Å². The summed E-state index contributed by atoms with van der Waals surface area (Å²) in [5.41, 5.74) is 5.82. The van der Waals surface area contributed by atoms with Crippen molar-refractivity contribution >= 4 is 17.6 Å². The summed E-state index contributed by atoms with van der Waals surface area (Å²) in [7, 11) is 0. The summed E-state index contributed by atoms with van der Waals surface area (Å²) in [6, 6.07) is 23.3. The van der Waals surface area contributed by atoms with E-state index in [1.807, 2.05) is 79.7 Å². The lowest BCUT2D eigenvalue weighted by Gasteiger charge is -2.50. The zero-order valence-corrected chi connectivity index (χ0v) is 16.0. The van der Waals surface area contributed by atoms with Crippen molar-refractivity contribution < 1.29 is 14.7 Å². The normalized spacial score (nSPS) is 23.8. The molecule has 2 atom stereocenters. The molecule has 0 aromatic heterocycles. The maximum Gasteiger partial charge on any atom is 0.229 e. The first-order chi connectivity index (χ1) is 14.1. The number of rotatable bonds is 3. The van der Waals surface area contributed by atoms with Crippen LogP contribution in [-0.4, -0.2) is 11.9 Å². The SMILES string of the molecule is Cc1ccc(NC(=O)[C@H]2C3c4ccccc4C(c4ccccc43)[C@H]2C(=O)[O-])cc1. The first-order valence-electron chi connectivity index (χ1n) is 9.82. The van der Waals surface area contributed by atoms with Crippen LogP contribution in [0.4, 0.5) is 5.69 Å². The Kier molecular flexibility index (Phi) is 4.02. The molecular weight excluding hydrogens is 362 g/mol. The number of anilines is 1. The summed E-state index contributed by atoms with van der Waals surface area (Å²) >= 11 is 0. The molecule has 3 aliphatic rings. The van der Waals surface area contributed by atoms with Crippen molar-refractivity contribution in [2.45, 2.75) is 18.8 Å². The van der Waals surface area contributed by atoms with Crippen molar-refractivity contribution in [3.8, 4) is 0 Å². The third-order valence-electron chi connectivity index (χ3n) is 6.33. The zero-order chi connectivity index (χ0) is 20.1. The topological polar surface area (TPSA) is 69.2 Å². The van der Waals surface area contributed by atoms with E-state index in [-0.39, 0.29) is 17.7 Å². The second-order valence-corrected chi connectivity index (χ2v) is 7.94. The molecule has 0 heterocycles. The van der Waals surface area contributed by atoms with Crippen molar-refractivity contribution in [1.29, 1.82) is 0 Å². The first-order valence-corrected chi connectivity index (χ1v) is 9.82. The maximum atomic E-state index is 13.4. The van der Waals surface area contributed by atoms with Gasteiger partial charge >= 0.3 is 0 Å². The van der Waals surface area contributed by atoms with E-state index in [0.717, 1.165) is 27.8 Å². The molecule has 3 aromatic carbocycles. The van der Waals surface area contributed by atoms with Gasteiger partial charge in [0.2, 0.25) is 5.91 Å². The van der Waals surface area contributed by atoms with Crippen LogP contribution in [0.1, 0.15) is 39.7 Å². The van der Waals surface area contributed by atoms with Crippen LogP contribution < -0.4 is 10.4 Å². The number of carboxylic acid groups (broad SMARTS) is 1. The number of carbonyl (C=O) groups is 2. The molecule has 4 heteroatoms. The first kappa shape index (κ1) is 17.7. The molecule has 0 saturated heterocycles. The predicted molar refractivity (Wildman–Crippen MR) is 108 cm³/mol. The van der Waals surface area contributed by atoms with E-state index in [1.54, 1.807) is 0 Å². The van der Waals surface area contributed by atoms with E-state index < -0.39 is 17.8 Å². The van der Waals surface area contributed by atoms with Crippen molar-refractivity contribution in [3.63, 3.8) is 0 Å². The molecule has 29 heavy (non-hydrogen) atoms. The summed E-state index contributed by atoms with van der Waals surface area (Å²) in [6.45, 7) is 1.98. The maximum absolute atomic E-state index is 13.4. The molecule has 0 saturated carbocycles. The number of aryl methyl sites for hydroxylation is 1. The number of fused-ring (bicyclic) bond motifs is 1. The predicted octanol–water partition coefficient (Wildman–Crippen LogP) is 3.21. The molecule has 6 rings (SSSR count). The van der Waals surface area contributed by atoms with Crippen LogP contribution in [0.5, 0.6) is 0 Å². The molecule has 0 aliphatic heterocycles. The van der Waals surface area contributed by atoms with Crippen LogP contribution >= 0.6 is 0 Å². The lowest BCUT2D eigenvalue weighted by molar-refractivity contribution is -0.314. The van der Waals surface area contributed by atoms with E-state index in [2.05, 4.69) is 5.32 Å². The molecular formula is C25H20NO3-. The van der Waals surface area contributed by atoms with Gasteiger partial charge in [0.1, 0.15) is 0 Å². The Morgan fingerprint density at radius 2 is 1.17 bits per heavy atom. The monoisotopic (exact) mass is 382 g/mol. The van der Waals surface area contributed by atoms with Gasteiger partial charge in [0.05, 0.1) is 5.92 Å². The molecule has 144 valence electrons. The summed E-state index contributed by atoms with van der Waals surface area (Å²) < 4.78 is 0. The molecule has 3 aliphatic carbocycles. The van der Waals surface area contributed by atoms with Gasteiger partial charge in [-0.3, -0.25) is 4.79 Å². The number of benzene rings is 3. The van der Waals surface area contributed by atoms with Gasteiger partial charge in [-0.2, -0.15) is 0 Å². The molecule has 0 fully saturated rings. The van der Waals surface area contributed by atoms with Crippen LogP contribution in [0.3, 0.4) is 0 Å². The second-order valence-electron chi connectivity index (χ2n) is 7.94. The molecule has 0 unspecified atom stereocenters. The number of aliphatic carboxylic acids is 1. The highest BCUT2D eigenvalue weighted by atomic mass is 16.4. The van der Waals surface area contributed by atoms with E-state index in [1.165, 1.54) is 0 Å². The summed E-state index contributed by atoms with van der Waals surface area (Å²) in [5.74, 6) is -3.77.